The minimum absolute atomic E-state index is 0.0360. The van der Waals surface area contributed by atoms with Crippen molar-refractivity contribution in [3.05, 3.63) is 94.1 Å². The van der Waals surface area contributed by atoms with E-state index in [1.807, 2.05) is 24.3 Å². The van der Waals surface area contributed by atoms with Gasteiger partial charge in [0.2, 0.25) is 10.0 Å². The summed E-state index contributed by atoms with van der Waals surface area (Å²) in [7, 11) is -3.92. The Balaban J connectivity index is 1.59. The van der Waals surface area contributed by atoms with E-state index in [4.69, 9.17) is 23.2 Å². The van der Waals surface area contributed by atoms with Crippen molar-refractivity contribution in [1.29, 1.82) is 0 Å². The van der Waals surface area contributed by atoms with Gasteiger partial charge in [-0.1, -0.05) is 53.5 Å². The minimum atomic E-state index is -4.53. The molecule has 0 aliphatic rings. The van der Waals surface area contributed by atoms with Crippen molar-refractivity contribution in [2.24, 2.45) is 0 Å². The Hall–Kier alpha value is -2.65. The Labute approximate surface area is 198 Å². The number of sulfonamides is 1. The van der Waals surface area contributed by atoms with E-state index in [1.54, 1.807) is 12.3 Å². The maximum atomic E-state index is 12.9. The van der Waals surface area contributed by atoms with Crippen molar-refractivity contribution in [2.45, 2.75) is 17.6 Å². The Kier molecular flexibility index (Phi) is 6.37. The topological polar surface area (TPSA) is 59.1 Å². The molecule has 0 amide bonds. The molecule has 0 atom stereocenters. The molecule has 1 aromatic heterocycles. The second kappa shape index (κ2) is 8.95. The molecule has 33 heavy (non-hydrogen) atoms. The molecule has 4 nitrogen and oxygen atoms in total. The third-order valence-corrected chi connectivity index (χ3v) is 7.05. The summed E-state index contributed by atoms with van der Waals surface area (Å²) in [6.07, 6.45) is -2.93. The third kappa shape index (κ3) is 4.99. The minimum Gasteiger partial charge on any atom is -0.256 e. The molecule has 3 aromatic carbocycles. The molecule has 0 bridgehead atoms. The summed E-state index contributed by atoms with van der Waals surface area (Å²) in [5, 5.41) is 0.715. The van der Waals surface area contributed by atoms with Gasteiger partial charge in [-0.15, -0.1) is 0 Å². The molecule has 0 saturated carbocycles. The summed E-state index contributed by atoms with van der Waals surface area (Å²) >= 11 is 12.3. The maximum Gasteiger partial charge on any atom is 0.416 e. The van der Waals surface area contributed by atoms with Crippen LogP contribution in [0.4, 0.5) is 13.2 Å². The summed E-state index contributed by atoms with van der Waals surface area (Å²) in [4.78, 5) is 4.17. The molecule has 0 radical (unpaired) electrons. The van der Waals surface area contributed by atoms with Crippen LogP contribution >= 0.6 is 23.2 Å². The van der Waals surface area contributed by atoms with E-state index in [1.165, 1.54) is 24.3 Å². The van der Waals surface area contributed by atoms with Gasteiger partial charge in [-0.3, -0.25) is 4.98 Å². The van der Waals surface area contributed by atoms with Crippen molar-refractivity contribution < 1.29 is 21.6 Å². The lowest BCUT2D eigenvalue weighted by Gasteiger charge is -2.13. The smallest absolute Gasteiger partial charge is 0.256 e. The van der Waals surface area contributed by atoms with Gasteiger partial charge in [0.25, 0.3) is 0 Å². The number of nitrogens with one attached hydrogen (secondary N) is 1. The predicted molar refractivity (Wildman–Crippen MR) is 123 cm³/mol. The number of hydrogen-bond acceptors (Lipinski definition) is 3. The van der Waals surface area contributed by atoms with Crippen molar-refractivity contribution >= 4 is 44.1 Å². The number of hydrogen-bond donors (Lipinski definition) is 1. The van der Waals surface area contributed by atoms with Crippen molar-refractivity contribution in [3.63, 3.8) is 0 Å². The largest absolute Gasteiger partial charge is 0.416 e. The molecule has 0 fully saturated rings. The zero-order chi connectivity index (χ0) is 23.8. The van der Waals surface area contributed by atoms with Crippen LogP contribution in [0.25, 0.3) is 22.0 Å². The maximum absolute atomic E-state index is 12.9. The van der Waals surface area contributed by atoms with Gasteiger partial charge < -0.3 is 0 Å². The van der Waals surface area contributed by atoms with Gasteiger partial charge in [-0.05, 0) is 42.0 Å². The van der Waals surface area contributed by atoms with E-state index in [-0.39, 0.29) is 27.0 Å². The second-order valence-corrected chi connectivity index (χ2v) is 9.73. The lowest BCUT2D eigenvalue weighted by molar-refractivity contribution is -0.137. The number of para-hydroxylation sites is 1. The highest BCUT2D eigenvalue weighted by Gasteiger charge is 2.31. The summed E-state index contributed by atoms with van der Waals surface area (Å²) in [6.45, 7) is 0.0372. The molecule has 0 aliphatic carbocycles. The van der Waals surface area contributed by atoms with Gasteiger partial charge in [0, 0.05) is 39.3 Å². The molecule has 0 saturated heterocycles. The Morgan fingerprint density at radius 1 is 0.879 bits per heavy atom. The normalized spacial score (nSPS) is 12.3. The van der Waals surface area contributed by atoms with Crippen LogP contribution in [0.2, 0.25) is 10.0 Å². The monoisotopic (exact) mass is 510 g/mol. The number of benzene rings is 3. The van der Waals surface area contributed by atoms with Crippen molar-refractivity contribution in [1.82, 2.24) is 9.71 Å². The molecular formula is C23H15Cl2F3N2O2S. The van der Waals surface area contributed by atoms with Gasteiger partial charge in [-0.2, -0.15) is 13.2 Å². The Morgan fingerprint density at radius 3 is 2.21 bits per heavy atom. The van der Waals surface area contributed by atoms with Gasteiger partial charge in [0.15, 0.2) is 0 Å². The van der Waals surface area contributed by atoms with Crippen LogP contribution in [0, 0.1) is 0 Å². The highest BCUT2D eigenvalue weighted by atomic mass is 35.5. The number of nitrogens with zero attached hydrogens (tertiary/aromatic N) is 1. The van der Waals surface area contributed by atoms with E-state index in [2.05, 4.69) is 9.71 Å². The van der Waals surface area contributed by atoms with Gasteiger partial charge in [0.05, 0.1) is 16.0 Å². The van der Waals surface area contributed by atoms with Gasteiger partial charge in [-0.25, -0.2) is 13.1 Å². The fraction of sp³-hybridized carbons (Fsp3) is 0.0870. The molecule has 0 aliphatic heterocycles. The summed E-state index contributed by atoms with van der Waals surface area (Å²) in [5.41, 5.74) is 1.18. The van der Waals surface area contributed by atoms with Crippen LogP contribution in [-0.4, -0.2) is 13.4 Å². The molecule has 1 heterocycles. The third-order valence-electron chi connectivity index (χ3n) is 5.03. The number of rotatable bonds is 5. The van der Waals surface area contributed by atoms with Crippen LogP contribution in [0.15, 0.2) is 77.8 Å². The first kappa shape index (κ1) is 23.5. The summed E-state index contributed by atoms with van der Waals surface area (Å²) < 4.78 is 66.8. The number of aromatic nitrogens is 1. The first-order valence-corrected chi connectivity index (χ1v) is 11.8. The average molecular weight is 511 g/mol. The van der Waals surface area contributed by atoms with E-state index in [0.29, 0.717) is 5.56 Å². The van der Waals surface area contributed by atoms with Gasteiger partial charge in [0.1, 0.15) is 0 Å². The summed E-state index contributed by atoms with van der Waals surface area (Å²) in [6, 6.07) is 16.0. The molecule has 0 unspecified atom stereocenters. The second-order valence-electron chi connectivity index (χ2n) is 7.15. The van der Waals surface area contributed by atoms with Crippen LogP contribution in [0.5, 0.6) is 0 Å². The van der Waals surface area contributed by atoms with Crippen LogP contribution < -0.4 is 4.72 Å². The fourth-order valence-corrected chi connectivity index (χ4v) is 5.02. The molecular weight excluding hydrogens is 496 g/mol. The average Bonchev–Trinajstić information content (AvgIpc) is 2.77. The van der Waals surface area contributed by atoms with E-state index in [0.717, 1.165) is 28.6 Å². The zero-order valence-electron chi connectivity index (χ0n) is 16.7. The molecule has 0 spiro atoms. The molecule has 4 rings (SSSR count). The lowest BCUT2D eigenvalue weighted by Crippen LogP contribution is -2.23. The first-order valence-electron chi connectivity index (χ1n) is 9.55. The van der Waals surface area contributed by atoms with E-state index < -0.39 is 21.8 Å². The Morgan fingerprint density at radius 2 is 1.55 bits per heavy atom. The summed E-state index contributed by atoms with van der Waals surface area (Å²) in [5.74, 6) is 0. The van der Waals surface area contributed by atoms with Gasteiger partial charge >= 0.3 is 6.18 Å². The number of pyridine rings is 1. The fourth-order valence-electron chi connectivity index (χ4n) is 3.36. The first-order chi connectivity index (χ1) is 15.6. The van der Waals surface area contributed by atoms with E-state index in [9.17, 15) is 21.6 Å². The number of halogens is 5. The van der Waals surface area contributed by atoms with E-state index >= 15 is 0 Å². The van der Waals surface area contributed by atoms with Crippen molar-refractivity contribution in [2.75, 3.05) is 0 Å². The number of fused-ring (bicyclic) bond motifs is 1. The number of alkyl halides is 3. The van der Waals surface area contributed by atoms with Crippen molar-refractivity contribution in [3.8, 4) is 11.1 Å². The molecule has 1 N–H and O–H groups in total. The zero-order valence-corrected chi connectivity index (χ0v) is 19.0. The predicted octanol–water partition coefficient (Wildman–Crippen LogP) is 6.71. The highest BCUT2D eigenvalue weighted by molar-refractivity contribution is 7.89. The standard InChI is InChI=1S/C23H15Cl2F3N2O2S/c24-20-11-15(23(26,27)28)5-7-18(20)19-8-6-16(12-21(19)25)33(31,32)30-13-14-9-10-29-22-4-2-1-3-17(14)22/h1-12,30H,13H2. The quantitative estimate of drug-likeness (QED) is 0.324. The lowest BCUT2D eigenvalue weighted by atomic mass is 10.0. The molecule has 170 valence electrons. The van der Waals surface area contributed by atoms with Crippen LogP contribution in [0.3, 0.4) is 0 Å². The SMILES string of the molecule is O=S(=O)(NCc1ccnc2ccccc12)c1ccc(-c2ccc(C(F)(F)F)cc2Cl)c(Cl)c1. The van der Waals surface area contributed by atoms with Crippen LogP contribution in [-0.2, 0) is 22.7 Å². The highest BCUT2D eigenvalue weighted by Crippen LogP contribution is 2.38. The van der Waals surface area contributed by atoms with Crippen LogP contribution in [0.1, 0.15) is 11.1 Å². The Bertz CT molecular complexity index is 1450. The molecule has 4 aromatic rings. The molecule has 10 heteroatoms.